The van der Waals surface area contributed by atoms with Gasteiger partial charge in [0.15, 0.2) is 0 Å². The zero-order valence-electron chi connectivity index (χ0n) is 21.6. The number of phenolic OH excluding ortho intramolecular Hbond substituents is 1. The predicted octanol–water partition coefficient (Wildman–Crippen LogP) is 9.00. The third-order valence-corrected chi connectivity index (χ3v) is 7.59. The molecule has 1 aliphatic heterocycles. The van der Waals surface area contributed by atoms with Gasteiger partial charge in [0.1, 0.15) is 17.6 Å². The van der Waals surface area contributed by atoms with Crippen molar-refractivity contribution < 1.29 is 9.84 Å². The van der Waals surface area contributed by atoms with E-state index < -0.39 is 0 Å². The smallest absolute Gasteiger partial charge is 0.131 e. The van der Waals surface area contributed by atoms with E-state index in [0.29, 0.717) is 5.75 Å². The third-order valence-electron chi connectivity index (χ3n) is 7.59. The fourth-order valence-electron chi connectivity index (χ4n) is 4.90. The van der Waals surface area contributed by atoms with E-state index in [-0.39, 0.29) is 6.10 Å². The van der Waals surface area contributed by atoms with Crippen molar-refractivity contribution in [2.75, 3.05) is 0 Å². The molecule has 0 radical (unpaired) electrons. The van der Waals surface area contributed by atoms with E-state index >= 15 is 0 Å². The van der Waals surface area contributed by atoms with Crippen molar-refractivity contribution in [1.82, 2.24) is 0 Å². The average Bonchev–Trinajstić information content (AvgIpc) is 2.70. The molecule has 0 saturated heterocycles. The molecule has 2 heteroatoms. The Hall–Kier alpha value is -1.44. The summed E-state index contributed by atoms with van der Waals surface area (Å²) in [6.45, 7) is 17.9. The fraction of sp³-hybridized carbons (Fsp3) is 0.724. The molecule has 3 atom stereocenters. The summed E-state index contributed by atoms with van der Waals surface area (Å²) < 4.78 is 6.46. The molecular weight excluding hydrogens is 380 g/mol. The van der Waals surface area contributed by atoms with Crippen molar-refractivity contribution in [3.05, 3.63) is 28.3 Å². The van der Waals surface area contributed by atoms with Gasteiger partial charge >= 0.3 is 0 Å². The van der Waals surface area contributed by atoms with Gasteiger partial charge < -0.3 is 9.84 Å². The summed E-state index contributed by atoms with van der Waals surface area (Å²) in [7, 11) is 0. The zero-order chi connectivity index (χ0) is 23.1. The molecule has 31 heavy (non-hydrogen) atoms. The minimum Gasteiger partial charge on any atom is -0.508 e. The first-order valence-electron chi connectivity index (χ1n) is 12.8. The van der Waals surface area contributed by atoms with Crippen LogP contribution in [0.1, 0.15) is 116 Å². The number of benzene rings is 1. The quantitative estimate of drug-likeness (QED) is 0.360. The molecule has 2 rings (SSSR count). The first-order chi connectivity index (χ1) is 14.6. The van der Waals surface area contributed by atoms with E-state index in [1.165, 1.54) is 62.5 Å². The van der Waals surface area contributed by atoms with Crippen LogP contribution in [0, 0.1) is 31.6 Å². The van der Waals surface area contributed by atoms with E-state index in [0.717, 1.165) is 46.6 Å². The first kappa shape index (κ1) is 25.8. The zero-order valence-corrected chi connectivity index (χ0v) is 21.6. The van der Waals surface area contributed by atoms with Crippen LogP contribution in [0.3, 0.4) is 0 Å². The van der Waals surface area contributed by atoms with E-state index in [4.69, 9.17) is 4.74 Å². The molecule has 0 aromatic heterocycles. The highest BCUT2D eigenvalue weighted by Gasteiger charge is 2.26. The maximum Gasteiger partial charge on any atom is 0.131 e. The summed E-state index contributed by atoms with van der Waals surface area (Å²) in [5, 5.41) is 10.2. The summed E-state index contributed by atoms with van der Waals surface area (Å²) in [5.74, 6) is 3.86. The number of hydrogen-bond acceptors (Lipinski definition) is 2. The molecule has 1 aromatic carbocycles. The average molecular weight is 429 g/mol. The van der Waals surface area contributed by atoms with Crippen LogP contribution in [0.5, 0.6) is 11.5 Å². The lowest BCUT2D eigenvalue weighted by molar-refractivity contribution is 0.212. The molecule has 1 heterocycles. The first-order valence-corrected chi connectivity index (χ1v) is 12.8. The summed E-state index contributed by atoms with van der Waals surface area (Å²) >= 11 is 0. The minimum absolute atomic E-state index is 0.170. The Morgan fingerprint density at radius 3 is 1.94 bits per heavy atom. The standard InChI is InChI=1S/C29H48O2/c1-19(2)12-9-13-20(3)14-10-15-21(4)16-11-17-28-24(7)22(5)26-18-27(30)23(6)25(8)29(26)31-28/h18-21,28,30H,9-17H2,1-8H3. The lowest BCUT2D eigenvalue weighted by atomic mass is 9.88. The molecule has 2 nitrogen and oxygen atoms in total. The van der Waals surface area contributed by atoms with Crippen LogP contribution >= 0.6 is 0 Å². The molecule has 0 fully saturated rings. The van der Waals surface area contributed by atoms with Crippen molar-refractivity contribution in [3.63, 3.8) is 0 Å². The fourth-order valence-corrected chi connectivity index (χ4v) is 4.90. The van der Waals surface area contributed by atoms with Gasteiger partial charge in [0, 0.05) is 5.56 Å². The molecular formula is C29H48O2. The Morgan fingerprint density at radius 2 is 1.35 bits per heavy atom. The van der Waals surface area contributed by atoms with E-state index in [1.54, 1.807) is 0 Å². The van der Waals surface area contributed by atoms with Gasteiger partial charge in [-0.1, -0.05) is 72.6 Å². The van der Waals surface area contributed by atoms with Gasteiger partial charge in [-0.2, -0.15) is 0 Å². The van der Waals surface area contributed by atoms with Crippen LogP contribution in [0.15, 0.2) is 11.6 Å². The van der Waals surface area contributed by atoms with Gasteiger partial charge in [-0.05, 0) is 86.6 Å². The normalized spacial score (nSPS) is 18.2. The predicted molar refractivity (Wildman–Crippen MR) is 135 cm³/mol. The molecule has 0 saturated carbocycles. The lowest BCUT2D eigenvalue weighted by Gasteiger charge is -2.31. The summed E-state index contributed by atoms with van der Waals surface area (Å²) in [6.07, 6.45) is 12.0. The molecule has 1 aromatic rings. The van der Waals surface area contributed by atoms with Crippen molar-refractivity contribution in [2.24, 2.45) is 17.8 Å². The SMILES string of the molecule is CC1=C(C)C(CCCC(C)CCCC(C)CCCC(C)C)Oc2c1cc(O)c(C)c2C. The highest BCUT2D eigenvalue weighted by Crippen LogP contribution is 2.43. The number of aromatic hydroxyl groups is 1. The second-order valence-corrected chi connectivity index (χ2v) is 10.8. The second-order valence-electron chi connectivity index (χ2n) is 10.8. The third kappa shape index (κ3) is 7.29. The van der Waals surface area contributed by atoms with Gasteiger partial charge in [0.05, 0.1) is 0 Å². The lowest BCUT2D eigenvalue weighted by Crippen LogP contribution is -2.24. The number of rotatable bonds is 12. The van der Waals surface area contributed by atoms with Gasteiger partial charge in [-0.3, -0.25) is 0 Å². The van der Waals surface area contributed by atoms with Crippen molar-refractivity contribution in [2.45, 2.75) is 119 Å². The van der Waals surface area contributed by atoms with Gasteiger partial charge in [-0.15, -0.1) is 0 Å². The maximum absolute atomic E-state index is 10.2. The number of hydrogen-bond donors (Lipinski definition) is 1. The van der Waals surface area contributed by atoms with Crippen LogP contribution in [0.25, 0.3) is 5.57 Å². The van der Waals surface area contributed by atoms with Gasteiger partial charge in [0.25, 0.3) is 0 Å². The molecule has 0 aliphatic carbocycles. The summed E-state index contributed by atoms with van der Waals surface area (Å²) in [5.41, 5.74) is 5.65. The Bertz CT molecular complexity index is 744. The van der Waals surface area contributed by atoms with E-state index in [2.05, 4.69) is 48.5 Å². The highest BCUT2D eigenvalue weighted by atomic mass is 16.5. The molecule has 1 aliphatic rings. The van der Waals surface area contributed by atoms with E-state index in [9.17, 15) is 5.11 Å². The van der Waals surface area contributed by atoms with Crippen LogP contribution in [0.2, 0.25) is 0 Å². The van der Waals surface area contributed by atoms with E-state index in [1.807, 2.05) is 13.0 Å². The van der Waals surface area contributed by atoms with Gasteiger partial charge in [0.2, 0.25) is 0 Å². The molecule has 0 amide bonds. The van der Waals surface area contributed by atoms with Crippen LogP contribution in [0.4, 0.5) is 0 Å². The Morgan fingerprint density at radius 1 is 0.806 bits per heavy atom. The number of ether oxygens (including phenoxy) is 1. The summed E-state index contributed by atoms with van der Waals surface area (Å²) in [6, 6.07) is 1.87. The van der Waals surface area contributed by atoms with Crippen LogP contribution in [-0.2, 0) is 0 Å². The number of phenols is 1. The Kier molecular flexibility index (Phi) is 9.97. The number of fused-ring (bicyclic) bond motifs is 1. The van der Waals surface area contributed by atoms with Crippen LogP contribution < -0.4 is 4.74 Å². The Labute approximate surface area is 192 Å². The van der Waals surface area contributed by atoms with Crippen LogP contribution in [-0.4, -0.2) is 11.2 Å². The van der Waals surface area contributed by atoms with Crippen molar-refractivity contribution in [1.29, 1.82) is 0 Å². The van der Waals surface area contributed by atoms with Crippen molar-refractivity contribution in [3.8, 4) is 11.5 Å². The maximum atomic E-state index is 10.2. The molecule has 0 spiro atoms. The number of allylic oxidation sites excluding steroid dienone is 1. The molecule has 3 unspecified atom stereocenters. The molecule has 176 valence electrons. The highest BCUT2D eigenvalue weighted by molar-refractivity contribution is 5.77. The van der Waals surface area contributed by atoms with Gasteiger partial charge in [-0.25, -0.2) is 0 Å². The Balaban J connectivity index is 1.76. The van der Waals surface area contributed by atoms with Crippen molar-refractivity contribution >= 4 is 5.57 Å². The largest absolute Gasteiger partial charge is 0.508 e. The second kappa shape index (κ2) is 12.0. The minimum atomic E-state index is 0.170. The monoisotopic (exact) mass is 428 g/mol. The summed E-state index contributed by atoms with van der Waals surface area (Å²) in [4.78, 5) is 0. The topological polar surface area (TPSA) is 29.5 Å². The molecule has 1 N–H and O–H groups in total. The molecule has 0 bridgehead atoms.